The number of nitrogens with zero attached hydrogens (tertiary/aromatic N) is 1. The van der Waals surface area contributed by atoms with E-state index in [2.05, 4.69) is 19.2 Å². The van der Waals surface area contributed by atoms with Crippen molar-refractivity contribution in [3.8, 4) is 5.75 Å². The number of amides is 2. The molecule has 2 aliphatic heterocycles. The molecule has 10 nitrogen and oxygen atoms in total. The van der Waals surface area contributed by atoms with Crippen LogP contribution in [0.2, 0.25) is 0 Å². The highest BCUT2D eigenvalue weighted by Gasteiger charge is 2.53. The van der Waals surface area contributed by atoms with Crippen molar-refractivity contribution in [3.05, 3.63) is 82.9 Å². The molecule has 276 valence electrons. The number of aliphatic hydroxyl groups is 1. The van der Waals surface area contributed by atoms with Gasteiger partial charge in [0.05, 0.1) is 12.2 Å². The van der Waals surface area contributed by atoms with Crippen molar-refractivity contribution < 1.29 is 38.8 Å². The number of carbonyl (C=O) groups is 3. The number of hydrogen-bond donors (Lipinski definition) is 3. The molecule has 0 saturated carbocycles. The maximum atomic E-state index is 14.1. The van der Waals surface area contributed by atoms with Gasteiger partial charge in [0.25, 0.3) is 0 Å². The molecule has 0 unspecified atom stereocenters. The number of carbonyl (C=O) groups excluding carboxylic acids is 3. The van der Waals surface area contributed by atoms with Gasteiger partial charge in [0.15, 0.2) is 5.79 Å². The number of allylic oxidation sites excluding steroid dienone is 1. The molecule has 0 radical (unpaired) electrons. The summed E-state index contributed by atoms with van der Waals surface area (Å²) in [6, 6.07) is 13.7. The van der Waals surface area contributed by atoms with Crippen molar-refractivity contribution in [1.82, 2.24) is 10.2 Å². The first kappa shape index (κ1) is 38.2. The Balaban J connectivity index is 1.37. The smallest absolute Gasteiger partial charge is 0.338 e. The molecular formula is C41H54N2O8. The van der Waals surface area contributed by atoms with Gasteiger partial charge in [0.2, 0.25) is 11.8 Å². The molecule has 2 aromatic carbocycles. The first-order chi connectivity index (χ1) is 24.8. The highest BCUT2D eigenvalue weighted by Crippen LogP contribution is 2.43. The van der Waals surface area contributed by atoms with Crippen LogP contribution in [0, 0.1) is 0 Å². The van der Waals surface area contributed by atoms with Crippen molar-refractivity contribution in [1.29, 1.82) is 0 Å². The van der Waals surface area contributed by atoms with Gasteiger partial charge < -0.3 is 34.6 Å². The van der Waals surface area contributed by atoms with Gasteiger partial charge in [0.1, 0.15) is 30.1 Å². The Labute approximate surface area is 301 Å². The average Bonchev–Trinajstić information content (AvgIpc) is 3.77. The van der Waals surface area contributed by atoms with Crippen molar-refractivity contribution in [2.24, 2.45) is 0 Å². The molecule has 2 heterocycles. The summed E-state index contributed by atoms with van der Waals surface area (Å²) in [6.07, 6.45) is 13.1. The Bertz CT molecular complexity index is 1540. The molecule has 0 spiro atoms. The van der Waals surface area contributed by atoms with Gasteiger partial charge in [-0.15, -0.1) is 0 Å². The second-order valence-corrected chi connectivity index (χ2v) is 13.9. The zero-order chi connectivity index (χ0) is 36.2. The molecule has 2 aromatic rings. The molecule has 4 atom stereocenters. The van der Waals surface area contributed by atoms with Crippen molar-refractivity contribution in [2.75, 3.05) is 19.7 Å². The summed E-state index contributed by atoms with van der Waals surface area (Å²) in [5, 5.41) is 22.0. The third-order valence-corrected chi connectivity index (χ3v) is 10.0. The zero-order valence-electron chi connectivity index (χ0n) is 30.1. The summed E-state index contributed by atoms with van der Waals surface area (Å²) in [5.41, 5.74) is 2.43. The van der Waals surface area contributed by atoms with Crippen LogP contribution in [-0.4, -0.2) is 82.7 Å². The first-order valence-corrected chi connectivity index (χ1v) is 18.8. The van der Waals surface area contributed by atoms with Gasteiger partial charge in [-0.05, 0) is 67.5 Å². The Morgan fingerprint density at radius 3 is 2.51 bits per heavy atom. The predicted octanol–water partition coefficient (Wildman–Crippen LogP) is 6.24. The van der Waals surface area contributed by atoms with E-state index in [0.717, 1.165) is 49.7 Å². The second-order valence-electron chi connectivity index (χ2n) is 13.9. The highest BCUT2D eigenvalue weighted by atomic mass is 16.8. The summed E-state index contributed by atoms with van der Waals surface area (Å²) in [4.78, 5) is 42.4. The van der Waals surface area contributed by atoms with Gasteiger partial charge in [0, 0.05) is 37.9 Å². The van der Waals surface area contributed by atoms with Crippen LogP contribution in [0.1, 0.15) is 106 Å². The number of rotatable bonds is 17. The lowest BCUT2D eigenvalue weighted by molar-refractivity contribution is -0.190. The fourth-order valence-electron chi connectivity index (χ4n) is 7.33. The number of unbranched alkanes of at least 4 members (excludes halogenated alkanes) is 4. The normalized spacial score (nSPS) is 22.5. The van der Waals surface area contributed by atoms with Gasteiger partial charge in [-0.2, -0.15) is 0 Å². The molecule has 1 aliphatic carbocycles. The fourth-order valence-corrected chi connectivity index (χ4v) is 7.33. The maximum Gasteiger partial charge on any atom is 0.338 e. The highest BCUT2D eigenvalue weighted by molar-refractivity contribution is 5.98. The van der Waals surface area contributed by atoms with Crippen molar-refractivity contribution in [3.63, 3.8) is 0 Å². The lowest BCUT2D eigenvalue weighted by Crippen LogP contribution is -2.49. The van der Waals surface area contributed by atoms with Crippen LogP contribution in [0.3, 0.4) is 0 Å². The Kier molecular flexibility index (Phi) is 13.9. The van der Waals surface area contributed by atoms with Crippen LogP contribution in [0.4, 0.5) is 0 Å². The molecule has 3 aliphatic rings. The number of ether oxygens (including phenoxy) is 3. The van der Waals surface area contributed by atoms with E-state index < -0.39 is 36.1 Å². The number of likely N-dealkylation sites (tertiary alicyclic amines) is 1. The van der Waals surface area contributed by atoms with Crippen molar-refractivity contribution in [2.45, 2.75) is 121 Å². The summed E-state index contributed by atoms with van der Waals surface area (Å²) in [7, 11) is 0. The monoisotopic (exact) mass is 702 g/mol. The standard InChI is InChI=1S/C41H54N2O8/c1-3-5-9-21-41(22-10-6-4-2)50-36-28-32(39(47)43-24-13-19-33(43)38(46)42-23-25-44)27-35(37(36)51-41)49-40(48)31-18-12-15-29(26-31)14-11-17-30-16-7-8-20-34(30)45/h7-8,11-12,14-16,18,20,26,28,33,35-37,44-45H,3-6,9-10,13,17,19,21-25,27H2,1-2H3,(H,42,46)/t33-,35-,36-,37+/m1/s1. The van der Waals surface area contributed by atoms with Gasteiger partial charge in [-0.3, -0.25) is 9.59 Å². The van der Waals surface area contributed by atoms with Gasteiger partial charge >= 0.3 is 5.97 Å². The van der Waals surface area contributed by atoms with Crippen LogP contribution >= 0.6 is 0 Å². The van der Waals surface area contributed by atoms with Crippen LogP contribution in [0.5, 0.6) is 5.75 Å². The predicted molar refractivity (Wildman–Crippen MR) is 195 cm³/mol. The summed E-state index contributed by atoms with van der Waals surface area (Å²) in [5.74, 6) is -1.68. The third-order valence-electron chi connectivity index (χ3n) is 10.0. The number of phenolic OH excluding ortho intramolecular Hbond substituents is 1. The first-order valence-electron chi connectivity index (χ1n) is 18.8. The number of para-hydroxylation sites is 1. The lowest BCUT2D eigenvalue weighted by Gasteiger charge is -2.33. The number of fused-ring (bicyclic) bond motifs is 1. The number of aromatic hydroxyl groups is 1. The number of hydrogen-bond acceptors (Lipinski definition) is 8. The lowest BCUT2D eigenvalue weighted by atomic mass is 9.91. The van der Waals surface area contributed by atoms with Crippen molar-refractivity contribution >= 4 is 23.9 Å². The van der Waals surface area contributed by atoms with E-state index in [0.29, 0.717) is 49.8 Å². The topological polar surface area (TPSA) is 135 Å². The summed E-state index contributed by atoms with van der Waals surface area (Å²) < 4.78 is 19.8. The average molecular weight is 703 g/mol. The molecule has 2 amide bonds. The summed E-state index contributed by atoms with van der Waals surface area (Å²) >= 11 is 0. The molecule has 0 aromatic heterocycles. The SMILES string of the molecule is CCCCCC1(CCCCC)O[C@@H]2[C@@H](C=C(C(=O)N3CCC[C@@H]3C(=O)NCCO)C[C@H]2OC(=O)c2cccc(C=CCc3ccccc3O)c2)O1. The number of aliphatic hydroxyl groups excluding tert-OH is 1. The Morgan fingerprint density at radius 1 is 1.02 bits per heavy atom. The number of nitrogens with one attached hydrogen (secondary N) is 1. The number of benzene rings is 2. The Hall–Kier alpha value is -3.99. The number of phenols is 1. The zero-order valence-corrected chi connectivity index (χ0v) is 30.1. The molecule has 51 heavy (non-hydrogen) atoms. The second kappa shape index (κ2) is 18.5. The van der Waals surface area contributed by atoms with E-state index in [4.69, 9.17) is 14.2 Å². The van der Waals surface area contributed by atoms with Crippen LogP contribution in [0.15, 0.2) is 66.3 Å². The van der Waals surface area contributed by atoms with Crippen LogP contribution in [0.25, 0.3) is 6.08 Å². The third kappa shape index (κ3) is 9.87. The van der Waals surface area contributed by atoms with E-state index in [9.17, 15) is 24.6 Å². The van der Waals surface area contributed by atoms with E-state index in [-0.39, 0.29) is 37.1 Å². The fraction of sp³-hybridized carbons (Fsp3) is 0.537. The largest absolute Gasteiger partial charge is 0.508 e. The van der Waals surface area contributed by atoms with E-state index in [1.54, 1.807) is 35.2 Å². The maximum absolute atomic E-state index is 14.1. The minimum atomic E-state index is -0.836. The molecule has 5 rings (SSSR count). The molecule has 0 bridgehead atoms. The van der Waals surface area contributed by atoms with E-state index in [1.165, 1.54) is 0 Å². The van der Waals surface area contributed by atoms with Crippen LogP contribution in [-0.2, 0) is 30.2 Å². The Morgan fingerprint density at radius 2 is 1.78 bits per heavy atom. The van der Waals surface area contributed by atoms with E-state index in [1.807, 2.05) is 36.4 Å². The van der Waals surface area contributed by atoms with E-state index >= 15 is 0 Å². The van der Waals surface area contributed by atoms with Crippen LogP contribution < -0.4 is 5.32 Å². The number of esters is 1. The minimum absolute atomic E-state index is 0.124. The molecular weight excluding hydrogens is 648 g/mol. The summed E-state index contributed by atoms with van der Waals surface area (Å²) in [6.45, 7) is 4.69. The van der Waals surface area contributed by atoms with Gasteiger partial charge in [-0.25, -0.2) is 4.79 Å². The molecule has 10 heteroatoms. The minimum Gasteiger partial charge on any atom is -0.508 e. The molecule has 2 fully saturated rings. The molecule has 2 saturated heterocycles. The molecule has 3 N–H and O–H groups in total. The van der Waals surface area contributed by atoms with Gasteiger partial charge in [-0.1, -0.05) is 82.0 Å². The quantitative estimate of drug-likeness (QED) is 0.130.